The number of halogens is 1. The van der Waals surface area contributed by atoms with Crippen LogP contribution in [0.4, 0.5) is 0 Å². The highest BCUT2D eigenvalue weighted by Gasteiger charge is 2.18. The predicted octanol–water partition coefficient (Wildman–Crippen LogP) is 1.90. The van der Waals surface area contributed by atoms with Crippen LogP contribution >= 0.6 is 10.7 Å². The van der Waals surface area contributed by atoms with Crippen LogP contribution in [0.1, 0.15) is 29.3 Å². The lowest BCUT2D eigenvalue weighted by Gasteiger charge is -2.09. The predicted molar refractivity (Wildman–Crippen MR) is 72.8 cm³/mol. The van der Waals surface area contributed by atoms with Crippen molar-refractivity contribution < 1.29 is 17.9 Å². The zero-order chi connectivity index (χ0) is 14.5. The molecule has 7 heteroatoms. The molecule has 0 aliphatic rings. The summed E-state index contributed by atoms with van der Waals surface area (Å²) in [5.74, 6) is -0.326. The van der Waals surface area contributed by atoms with Crippen molar-refractivity contribution in [2.75, 3.05) is 13.7 Å². The van der Waals surface area contributed by atoms with Crippen LogP contribution in [-0.4, -0.2) is 28.0 Å². The summed E-state index contributed by atoms with van der Waals surface area (Å²) >= 11 is 0. The molecule has 1 N–H and O–H groups in total. The number of carbonyl (C=O) groups is 1. The lowest BCUT2D eigenvalue weighted by atomic mass is 10.1. The third-order valence-corrected chi connectivity index (χ3v) is 3.83. The smallest absolute Gasteiger partial charge is 0.261 e. The Bertz CT molecular complexity index is 557. The average Bonchev–Trinajstić information content (AvgIpc) is 2.35. The van der Waals surface area contributed by atoms with Gasteiger partial charge in [-0.2, -0.15) is 0 Å². The molecule has 0 spiro atoms. The monoisotopic (exact) mass is 305 g/mol. The van der Waals surface area contributed by atoms with E-state index in [1.165, 1.54) is 19.2 Å². The summed E-state index contributed by atoms with van der Waals surface area (Å²) in [6.07, 6.45) is 0.800. The van der Waals surface area contributed by atoms with Crippen LogP contribution in [0.2, 0.25) is 0 Å². The van der Waals surface area contributed by atoms with E-state index in [0.717, 1.165) is 6.42 Å². The molecule has 0 saturated carbocycles. The van der Waals surface area contributed by atoms with E-state index in [9.17, 15) is 13.2 Å². The number of rotatable bonds is 6. The number of hydrogen-bond donors (Lipinski definition) is 1. The van der Waals surface area contributed by atoms with E-state index in [4.69, 9.17) is 15.4 Å². The molecule has 0 unspecified atom stereocenters. The van der Waals surface area contributed by atoms with Gasteiger partial charge in [0.15, 0.2) is 0 Å². The van der Waals surface area contributed by atoms with Gasteiger partial charge in [0.25, 0.3) is 15.0 Å². The summed E-state index contributed by atoms with van der Waals surface area (Å²) in [5.41, 5.74) is 0.678. The maximum Gasteiger partial charge on any atom is 0.261 e. The van der Waals surface area contributed by atoms with E-state index in [2.05, 4.69) is 5.32 Å². The molecule has 0 aliphatic heterocycles. The summed E-state index contributed by atoms with van der Waals surface area (Å²) in [6.45, 7) is 2.57. The van der Waals surface area contributed by atoms with Crippen LogP contribution < -0.4 is 5.32 Å². The molecule has 1 aromatic rings. The number of nitrogens with one attached hydrogen (secondary N) is 1. The van der Waals surface area contributed by atoms with Crippen LogP contribution in [0.5, 0.6) is 0 Å². The first-order valence-electron chi connectivity index (χ1n) is 5.75. The first kappa shape index (κ1) is 15.9. The van der Waals surface area contributed by atoms with Gasteiger partial charge in [-0.15, -0.1) is 0 Å². The normalized spacial score (nSPS) is 11.3. The van der Waals surface area contributed by atoms with Crippen molar-refractivity contribution in [3.8, 4) is 0 Å². The molecule has 0 heterocycles. The quantitative estimate of drug-likeness (QED) is 0.815. The summed E-state index contributed by atoms with van der Waals surface area (Å²) in [7, 11) is 2.90. The van der Waals surface area contributed by atoms with Gasteiger partial charge in [-0.3, -0.25) is 4.79 Å². The van der Waals surface area contributed by atoms with Crippen LogP contribution in [0, 0.1) is 0 Å². The Morgan fingerprint density at radius 1 is 1.42 bits per heavy atom. The zero-order valence-corrected chi connectivity index (χ0v) is 12.3. The van der Waals surface area contributed by atoms with Gasteiger partial charge in [0, 0.05) is 29.9 Å². The molecule has 5 nitrogen and oxygen atoms in total. The lowest BCUT2D eigenvalue weighted by Crippen LogP contribution is -2.24. The molecule has 106 valence electrons. The third-order valence-electron chi connectivity index (χ3n) is 2.43. The molecule has 0 aliphatic carbocycles. The maximum absolute atomic E-state index is 11.8. The fourth-order valence-corrected chi connectivity index (χ4v) is 2.68. The van der Waals surface area contributed by atoms with Crippen molar-refractivity contribution in [3.05, 3.63) is 29.3 Å². The molecule has 1 rings (SSSR count). The van der Waals surface area contributed by atoms with Crippen molar-refractivity contribution in [2.45, 2.75) is 24.8 Å². The lowest BCUT2D eigenvalue weighted by molar-refractivity contribution is 0.0953. The molecule has 0 saturated heterocycles. The van der Waals surface area contributed by atoms with Gasteiger partial charge in [0.2, 0.25) is 0 Å². The van der Waals surface area contributed by atoms with Gasteiger partial charge in [0.1, 0.15) is 0 Å². The van der Waals surface area contributed by atoms with Crippen molar-refractivity contribution in [1.82, 2.24) is 5.32 Å². The van der Waals surface area contributed by atoms with E-state index >= 15 is 0 Å². The van der Waals surface area contributed by atoms with Crippen LogP contribution in [0.15, 0.2) is 23.1 Å². The number of amides is 1. The Labute approximate surface area is 117 Å². The SMILES string of the molecule is CCCNC(=O)c1ccc(COC)c(S(=O)(=O)Cl)c1. The first-order valence-corrected chi connectivity index (χ1v) is 8.05. The second-order valence-corrected chi connectivity index (χ2v) is 6.48. The number of hydrogen-bond acceptors (Lipinski definition) is 4. The number of methoxy groups -OCH3 is 1. The van der Waals surface area contributed by atoms with Gasteiger partial charge in [-0.05, 0) is 24.1 Å². The number of ether oxygens (including phenoxy) is 1. The Kier molecular flexibility index (Phi) is 5.78. The largest absolute Gasteiger partial charge is 0.380 e. The maximum atomic E-state index is 11.8. The Hall–Kier alpha value is -1.11. The second kappa shape index (κ2) is 6.88. The first-order chi connectivity index (χ1) is 8.90. The minimum Gasteiger partial charge on any atom is -0.380 e. The van der Waals surface area contributed by atoms with Crippen LogP contribution in [0.3, 0.4) is 0 Å². The summed E-state index contributed by atoms with van der Waals surface area (Å²) in [5, 5.41) is 2.67. The molecule has 0 bridgehead atoms. The molecule has 0 aromatic heterocycles. The highest BCUT2D eigenvalue weighted by molar-refractivity contribution is 8.13. The molecule has 19 heavy (non-hydrogen) atoms. The Morgan fingerprint density at radius 2 is 2.11 bits per heavy atom. The Morgan fingerprint density at radius 3 is 2.63 bits per heavy atom. The van der Waals surface area contributed by atoms with Crippen molar-refractivity contribution in [2.24, 2.45) is 0 Å². The Balaban J connectivity index is 3.15. The van der Waals surface area contributed by atoms with Crippen molar-refractivity contribution >= 4 is 25.6 Å². The van der Waals surface area contributed by atoms with Gasteiger partial charge >= 0.3 is 0 Å². The molecule has 0 radical (unpaired) electrons. The standard InChI is InChI=1S/C12H16ClNO4S/c1-3-6-14-12(15)9-4-5-10(8-18-2)11(7-9)19(13,16)17/h4-5,7H,3,6,8H2,1-2H3,(H,14,15). The van der Waals surface area contributed by atoms with E-state index in [-0.39, 0.29) is 23.0 Å². The fraction of sp³-hybridized carbons (Fsp3) is 0.417. The van der Waals surface area contributed by atoms with Crippen LogP contribution in [-0.2, 0) is 20.4 Å². The molecule has 1 aromatic carbocycles. The molecule has 1 amide bonds. The molecular weight excluding hydrogens is 290 g/mol. The minimum atomic E-state index is -3.92. The van der Waals surface area contributed by atoms with Gasteiger partial charge in [0.05, 0.1) is 11.5 Å². The average molecular weight is 306 g/mol. The van der Waals surface area contributed by atoms with Gasteiger partial charge in [-0.25, -0.2) is 8.42 Å². The van der Waals surface area contributed by atoms with E-state index in [1.54, 1.807) is 6.07 Å². The minimum absolute atomic E-state index is 0.0971. The van der Waals surface area contributed by atoms with Gasteiger partial charge < -0.3 is 10.1 Å². The van der Waals surface area contributed by atoms with Crippen LogP contribution in [0.25, 0.3) is 0 Å². The van der Waals surface area contributed by atoms with E-state index in [0.29, 0.717) is 12.1 Å². The molecular formula is C12H16ClNO4S. The van der Waals surface area contributed by atoms with Crippen molar-refractivity contribution in [3.63, 3.8) is 0 Å². The van der Waals surface area contributed by atoms with Crippen molar-refractivity contribution in [1.29, 1.82) is 0 Å². The van der Waals surface area contributed by atoms with Gasteiger partial charge in [-0.1, -0.05) is 13.0 Å². The molecule has 0 fully saturated rings. The van der Waals surface area contributed by atoms with E-state index in [1.807, 2.05) is 6.92 Å². The summed E-state index contributed by atoms with van der Waals surface area (Å²) in [4.78, 5) is 11.7. The number of carbonyl (C=O) groups excluding carboxylic acids is 1. The highest BCUT2D eigenvalue weighted by Crippen LogP contribution is 2.22. The fourth-order valence-electron chi connectivity index (χ4n) is 1.54. The zero-order valence-electron chi connectivity index (χ0n) is 10.8. The van der Waals surface area contributed by atoms with E-state index < -0.39 is 9.05 Å². The number of benzene rings is 1. The third kappa shape index (κ3) is 4.49. The summed E-state index contributed by atoms with van der Waals surface area (Å²) < 4.78 is 27.9. The highest BCUT2D eigenvalue weighted by atomic mass is 35.7. The second-order valence-electron chi connectivity index (χ2n) is 3.95. The summed E-state index contributed by atoms with van der Waals surface area (Å²) in [6, 6.07) is 4.34. The molecule has 0 atom stereocenters. The topological polar surface area (TPSA) is 72.5 Å².